The van der Waals surface area contributed by atoms with Crippen molar-refractivity contribution < 1.29 is 17.3 Å². The summed E-state index contributed by atoms with van der Waals surface area (Å²) in [6, 6.07) is 10.4. The lowest BCUT2D eigenvalue weighted by Gasteiger charge is -2.37. The number of nitrogens with zero attached hydrogens (tertiary/aromatic N) is 1. The van der Waals surface area contributed by atoms with Gasteiger partial charge in [-0.05, 0) is 18.4 Å². The van der Waals surface area contributed by atoms with E-state index < -0.39 is 10.1 Å². The molecule has 2 atom stereocenters. The predicted octanol–water partition coefficient (Wildman–Crippen LogP) is 1.79. The largest absolute Gasteiger partial charge is 0.373 e. The van der Waals surface area contributed by atoms with E-state index in [1.165, 1.54) is 5.56 Å². The molecule has 5 nitrogen and oxygen atoms in total. The molecule has 2 aliphatic rings. The lowest BCUT2D eigenvalue weighted by atomic mass is 9.91. The van der Waals surface area contributed by atoms with Gasteiger partial charge < -0.3 is 4.74 Å². The first-order chi connectivity index (χ1) is 10.4. The Balaban J connectivity index is 1.60. The third kappa shape index (κ3) is 4.07. The number of hydrogen-bond donors (Lipinski definition) is 0. The van der Waals surface area contributed by atoms with E-state index in [1.807, 2.05) is 18.2 Å². The van der Waals surface area contributed by atoms with Crippen LogP contribution in [-0.2, 0) is 25.6 Å². The highest BCUT2D eigenvalue weighted by molar-refractivity contribution is 7.86. The summed E-state index contributed by atoms with van der Waals surface area (Å²) in [5, 5.41) is 0. The lowest BCUT2D eigenvalue weighted by molar-refractivity contribution is -0.103. The molecule has 1 aromatic carbocycles. The quantitative estimate of drug-likeness (QED) is 0.790. The molecule has 0 bridgehead atoms. The van der Waals surface area contributed by atoms with Gasteiger partial charge in [-0.1, -0.05) is 30.3 Å². The van der Waals surface area contributed by atoms with E-state index >= 15 is 0 Å². The Kier molecular flexibility index (Phi) is 4.54. The monoisotopic (exact) mass is 325 g/mol. The minimum Gasteiger partial charge on any atom is -0.373 e. The first-order valence-electron chi connectivity index (χ1n) is 7.73. The molecule has 122 valence electrons. The topological polar surface area (TPSA) is 55.8 Å². The fourth-order valence-corrected chi connectivity index (χ4v) is 4.16. The summed E-state index contributed by atoms with van der Waals surface area (Å²) < 4.78 is 33.9. The molecule has 0 amide bonds. The van der Waals surface area contributed by atoms with Crippen LogP contribution in [0.15, 0.2) is 30.3 Å². The van der Waals surface area contributed by atoms with E-state index in [2.05, 4.69) is 17.0 Å². The molecule has 0 aliphatic carbocycles. The highest BCUT2D eigenvalue weighted by atomic mass is 32.2. The molecule has 0 N–H and O–H groups in total. The molecule has 6 heteroatoms. The van der Waals surface area contributed by atoms with Crippen LogP contribution in [0.4, 0.5) is 0 Å². The maximum Gasteiger partial charge on any atom is 0.264 e. The Hall–Kier alpha value is -0.950. The molecule has 1 aromatic rings. The average Bonchev–Trinajstić information content (AvgIpc) is 2.80. The van der Waals surface area contributed by atoms with E-state index in [9.17, 15) is 8.42 Å². The minimum atomic E-state index is -3.40. The molecular weight excluding hydrogens is 302 g/mol. The van der Waals surface area contributed by atoms with Gasteiger partial charge in [0.2, 0.25) is 0 Å². The second kappa shape index (κ2) is 6.28. The molecule has 0 unspecified atom stereocenters. The van der Waals surface area contributed by atoms with Gasteiger partial charge in [0.15, 0.2) is 0 Å². The van der Waals surface area contributed by atoms with Crippen molar-refractivity contribution in [3.05, 3.63) is 35.9 Å². The van der Waals surface area contributed by atoms with E-state index in [0.29, 0.717) is 19.4 Å². The molecule has 2 fully saturated rings. The van der Waals surface area contributed by atoms with E-state index in [-0.39, 0.29) is 11.7 Å². The van der Waals surface area contributed by atoms with Crippen molar-refractivity contribution in [3.63, 3.8) is 0 Å². The fraction of sp³-hybridized carbons (Fsp3) is 0.625. The van der Waals surface area contributed by atoms with Crippen molar-refractivity contribution in [2.24, 2.45) is 0 Å². The van der Waals surface area contributed by atoms with Crippen LogP contribution in [0.5, 0.6) is 0 Å². The van der Waals surface area contributed by atoms with Crippen LogP contribution in [-0.4, -0.2) is 51.0 Å². The van der Waals surface area contributed by atoms with Gasteiger partial charge in [-0.25, -0.2) is 0 Å². The first kappa shape index (κ1) is 15.9. The standard InChI is InChI=1S/C16H23NO4S/c1-22(18,19)21-15-7-10-20-16(11-15)8-9-17(13-16)12-14-5-3-2-4-6-14/h2-6,15H,7-13H2,1H3/t15-,16-/m1/s1. The molecule has 0 saturated carbocycles. The molecule has 2 aliphatic heterocycles. The molecule has 2 saturated heterocycles. The zero-order valence-electron chi connectivity index (χ0n) is 12.9. The first-order valence-corrected chi connectivity index (χ1v) is 9.54. The summed E-state index contributed by atoms with van der Waals surface area (Å²) in [6.07, 6.45) is 3.11. The second-order valence-corrected chi connectivity index (χ2v) is 7.99. The summed E-state index contributed by atoms with van der Waals surface area (Å²) in [7, 11) is -3.40. The van der Waals surface area contributed by atoms with Crippen molar-refractivity contribution in [2.45, 2.75) is 37.5 Å². The highest BCUT2D eigenvalue weighted by Crippen LogP contribution is 2.36. The van der Waals surface area contributed by atoms with Gasteiger partial charge in [-0.15, -0.1) is 0 Å². The van der Waals surface area contributed by atoms with Gasteiger partial charge >= 0.3 is 0 Å². The van der Waals surface area contributed by atoms with Gasteiger partial charge in [0, 0.05) is 32.7 Å². The average molecular weight is 325 g/mol. The van der Waals surface area contributed by atoms with E-state index in [1.54, 1.807) is 0 Å². The molecule has 2 heterocycles. The lowest BCUT2D eigenvalue weighted by Crippen LogP contribution is -2.45. The summed E-state index contributed by atoms with van der Waals surface area (Å²) in [4.78, 5) is 2.37. The Bertz CT molecular complexity index is 604. The zero-order chi connectivity index (χ0) is 15.6. The molecule has 1 spiro atoms. The van der Waals surface area contributed by atoms with Gasteiger partial charge in [-0.3, -0.25) is 9.08 Å². The molecular formula is C16H23NO4S. The third-order valence-corrected chi connectivity index (χ3v) is 5.02. The molecule has 0 radical (unpaired) electrons. The number of ether oxygens (including phenoxy) is 1. The maximum atomic E-state index is 11.3. The molecule has 0 aromatic heterocycles. The van der Waals surface area contributed by atoms with Gasteiger partial charge in [0.25, 0.3) is 10.1 Å². The fourth-order valence-electron chi connectivity index (χ4n) is 3.50. The van der Waals surface area contributed by atoms with Crippen LogP contribution >= 0.6 is 0 Å². The summed E-state index contributed by atoms with van der Waals surface area (Å²) in [6.45, 7) is 3.29. The van der Waals surface area contributed by atoms with Crippen LogP contribution in [0.25, 0.3) is 0 Å². The van der Waals surface area contributed by atoms with Crippen LogP contribution < -0.4 is 0 Å². The Morgan fingerprint density at radius 2 is 2.14 bits per heavy atom. The van der Waals surface area contributed by atoms with Gasteiger partial charge in [-0.2, -0.15) is 8.42 Å². The number of benzene rings is 1. The predicted molar refractivity (Wildman–Crippen MR) is 84.0 cm³/mol. The number of likely N-dealkylation sites (tertiary alicyclic amines) is 1. The van der Waals surface area contributed by atoms with Crippen molar-refractivity contribution in [3.8, 4) is 0 Å². The smallest absolute Gasteiger partial charge is 0.264 e. The van der Waals surface area contributed by atoms with Gasteiger partial charge in [0.05, 0.1) is 18.0 Å². The maximum absolute atomic E-state index is 11.3. The number of hydrogen-bond acceptors (Lipinski definition) is 5. The van der Waals surface area contributed by atoms with Crippen LogP contribution in [0.2, 0.25) is 0 Å². The minimum absolute atomic E-state index is 0.248. The molecule has 22 heavy (non-hydrogen) atoms. The summed E-state index contributed by atoms with van der Waals surface area (Å²) in [5.41, 5.74) is 1.04. The Morgan fingerprint density at radius 1 is 1.36 bits per heavy atom. The van der Waals surface area contributed by atoms with Crippen LogP contribution in [0, 0.1) is 0 Å². The van der Waals surface area contributed by atoms with E-state index in [4.69, 9.17) is 8.92 Å². The molecule has 3 rings (SSSR count). The number of rotatable bonds is 4. The van der Waals surface area contributed by atoms with Crippen molar-refractivity contribution in [2.75, 3.05) is 26.0 Å². The summed E-state index contributed by atoms with van der Waals surface area (Å²) in [5.74, 6) is 0. The van der Waals surface area contributed by atoms with E-state index in [0.717, 1.165) is 32.3 Å². The SMILES string of the molecule is CS(=O)(=O)O[C@@H]1CCO[C@]2(CCN(Cc3ccccc3)C2)C1. The van der Waals surface area contributed by atoms with Crippen LogP contribution in [0.1, 0.15) is 24.8 Å². The van der Waals surface area contributed by atoms with Gasteiger partial charge in [0.1, 0.15) is 0 Å². The third-order valence-electron chi connectivity index (χ3n) is 4.40. The zero-order valence-corrected chi connectivity index (χ0v) is 13.7. The Morgan fingerprint density at radius 3 is 2.86 bits per heavy atom. The summed E-state index contributed by atoms with van der Waals surface area (Å²) >= 11 is 0. The van der Waals surface area contributed by atoms with Crippen LogP contribution in [0.3, 0.4) is 0 Å². The van der Waals surface area contributed by atoms with Crippen molar-refractivity contribution in [1.29, 1.82) is 0 Å². The Labute approximate surface area is 132 Å². The second-order valence-electron chi connectivity index (χ2n) is 6.39. The van der Waals surface area contributed by atoms with Crippen molar-refractivity contribution in [1.82, 2.24) is 4.90 Å². The van der Waals surface area contributed by atoms with Crippen molar-refractivity contribution >= 4 is 10.1 Å². The highest BCUT2D eigenvalue weighted by Gasteiger charge is 2.44. The normalized spacial score (nSPS) is 30.0.